The largest absolute Gasteiger partial charge is 0.396 e. The highest BCUT2D eigenvalue weighted by molar-refractivity contribution is 5.56. The lowest BCUT2D eigenvalue weighted by molar-refractivity contribution is 0.247. The Morgan fingerprint density at radius 3 is 2.95 bits per heavy atom. The van der Waals surface area contributed by atoms with Crippen molar-refractivity contribution in [3.8, 4) is 11.3 Å². The SMILES string of the molecule is OCCC1CCN(Cc2cc(-c3ccccc3)on2)C1. The standard InChI is InChI=1S/C16H20N2O2/c19-9-7-13-6-8-18(11-13)12-15-10-16(20-17-15)14-4-2-1-3-5-14/h1-5,10,13,19H,6-9,11-12H2. The lowest BCUT2D eigenvalue weighted by atomic mass is 10.1. The highest BCUT2D eigenvalue weighted by Crippen LogP contribution is 2.23. The Labute approximate surface area is 119 Å². The van der Waals surface area contributed by atoms with Crippen LogP contribution in [0.4, 0.5) is 0 Å². The molecule has 0 bridgehead atoms. The van der Waals surface area contributed by atoms with Gasteiger partial charge in [-0.15, -0.1) is 0 Å². The summed E-state index contributed by atoms with van der Waals surface area (Å²) in [6.45, 7) is 3.26. The van der Waals surface area contributed by atoms with Gasteiger partial charge < -0.3 is 9.63 Å². The third-order valence-electron chi connectivity index (χ3n) is 3.91. The second-order valence-electron chi connectivity index (χ2n) is 5.45. The molecule has 0 spiro atoms. The van der Waals surface area contributed by atoms with Crippen molar-refractivity contribution in [1.29, 1.82) is 0 Å². The molecule has 4 heteroatoms. The average Bonchev–Trinajstić information content (AvgIpc) is 3.11. The van der Waals surface area contributed by atoms with E-state index < -0.39 is 0 Å². The number of rotatable bonds is 5. The van der Waals surface area contributed by atoms with E-state index in [-0.39, 0.29) is 0 Å². The predicted molar refractivity (Wildman–Crippen MR) is 77.0 cm³/mol. The molecular formula is C16H20N2O2. The number of hydrogen-bond donors (Lipinski definition) is 1. The van der Waals surface area contributed by atoms with E-state index in [9.17, 15) is 0 Å². The van der Waals surface area contributed by atoms with Gasteiger partial charge in [-0.05, 0) is 25.3 Å². The first-order valence-electron chi connectivity index (χ1n) is 7.19. The van der Waals surface area contributed by atoms with Crippen LogP contribution in [0.15, 0.2) is 40.9 Å². The second-order valence-corrected chi connectivity index (χ2v) is 5.45. The van der Waals surface area contributed by atoms with E-state index in [0.29, 0.717) is 12.5 Å². The first-order chi connectivity index (χ1) is 9.85. The molecule has 1 unspecified atom stereocenters. The van der Waals surface area contributed by atoms with Gasteiger partial charge in [-0.3, -0.25) is 4.90 Å². The Balaban J connectivity index is 1.61. The maximum absolute atomic E-state index is 8.99. The van der Waals surface area contributed by atoms with Crippen molar-refractivity contribution in [3.63, 3.8) is 0 Å². The number of hydrogen-bond acceptors (Lipinski definition) is 4. The average molecular weight is 272 g/mol. The van der Waals surface area contributed by atoms with Crippen molar-refractivity contribution in [2.75, 3.05) is 19.7 Å². The molecule has 1 aliphatic rings. The van der Waals surface area contributed by atoms with E-state index in [1.54, 1.807) is 0 Å². The summed E-state index contributed by atoms with van der Waals surface area (Å²) in [6, 6.07) is 12.1. The summed E-state index contributed by atoms with van der Waals surface area (Å²) in [6.07, 6.45) is 2.08. The van der Waals surface area contributed by atoms with Crippen molar-refractivity contribution in [2.24, 2.45) is 5.92 Å². The number of nitrogens with zero attached hydrogens (tertiary/aromatic N) is 2. The van der Waals surface area contributed by atoms with E-state index >= 15 is 0 Å². The smallest absolute Gasteiger partial charge is 0.167 e. The summed E-state index contributed by atoms with van der Waals surface area (Å²) >= 11 is 0. The van der Waals surface area contributed by atoms with E-state index in [0.717, 1.165) is 43.1 Å². The summed E-state index contributed by atoms with van der Waals surface area (Å²) < 4.78 is 5.42. The number of aliphatic hydroxyl groups excluding tert-OH is 1. The van der Waals surface area contributed by atoms with E-state index in [2.05, 4.69) is 10.1 Å². The van der Waals surface area contributed by atoms with E-state index in [4.69, 9.17) is 9.63 Å². The molecule has 3 rings (SSSR count). The van der Waals surface area contributed by atoms with Crippen LogP contribution in [-0.4, -0.2) is 34.9 Å². The van der Waals surface area contributed by atoms with Crippen LogP contribution in [0.25, 0.3) is 11.3 Å². The molecule has 0 radical (unpaired) electrons. The zero-order valence-corrected chi connectivity index (χ0v) is 11.5. The molecule has 1 aromatic carbocycles. The molecule has 0 saturated carbocycles. The Hall–Kier alpha value is -1.65. The molecule has 20 heavy (non-hydrogen) atoms. The van der Waals surface area contributed by atoms with Gasteiger partial charge in [0.1, 0.15) is 0 Å². The zero-order chi connectivity index (χ0) is 13.8. The van der Waals surface area contributed by atoms with Crippen LogP contribution in [0.5, 0.6) is 0 Å². The lowest BCUT2D eigenvalue weighted by Crippen LogP contribution is -2.20. The van der Waals surface area contributed by atoms with Crippen LogP contribution in [-0.2, 0) is 6.54 Å². The van der Waals surface area contributed by atoms with Gasteiger partial charge in [0.2, 0.25) is 0 Å². The van der Waals surface area contributed by atoms with Gasteiger partial charge in [-0.1, -0.05) is 35.5 Å². The van der Waals surface area contributed by atoms with E-state index in [1.807, 2.05) is 36.4 Å². The first-order valence-corrected chi connectivity index (χ1v) is 7.19. The molecule has 2 aromatic rings. The van der Waals surface area contributed by atoms with Crippen molar-refractivity contribution in [3.05, 3.63) is 42.1 Å². The molecule has 106 valence electrons. The van der Waals surface area contributed by atoms with Gasteiger partial charge in [-0.2, -0.15) is 0 Å². The Bertz CT molecular complexity index is 538. The fourth-order valence-electron chi connectivity index (χ4n) is 2.83. The number of aromatic nitrogens is 1. The maximum Gasteiger partial charge on any atom is 0.167 e. The molecule has 0 amide bonds. The molecule has 1 aromatic heterocycles. The summed E-state index contributed by atoms with van der Waals surface area (Å²) in [5, 5.41) is 13.1. The highest BCUT2D eigenvalue weighted by atomic mass is 16.5. The topological polar surface area (TPSA) is 49.5 Å². The van der Waals surface area contributed by atoms with Crippen molar-refractivity contribution < 1.29 is 9.63 Å². The van der Waals surface area contributed by atoms with Crippen LogP contribution >= 0.6 is 0 Å². The van der Waals surface area contributed by atoms with Crippen LogP contribution in [0.2, 0.25) is 0 Å². The third kappa shape index (κ3) is 3.08. The fraction of sp³-hybridized carbons (Fsp3) is 0.438. The molecule has 1 atom stereocenters. The van der Waals surface area contributed by atoms with Gasteiger partial charge in [0.15, 0.2) is 5.76 Å². The molecular weight excluding hydrogens is 252 g/mol. The van der Waals surface area contributed by atoms with Gasteiger partial charge in [0.25, 0.3) is 0 Å². The highest BCUT2D eigenvalue weighted by Gasteiger charge is 2.22. The van der Waals surface area contributed by atoms with Crippen LogP contribution in [0.1, 0.15) is 18.5 Å². The predicted octanol–water partition coefficient (Wildman–Crippen LogP) is 2.55. The monoisotopic (exact) mass is 272 g/mol. The normalized spacial score (nSPS) is 19.6. The number of benzene rings is 1. The Morgan fingerprint density at radius 1 is 1.30 bits per heavy atom. The minimum Gasteiger partial charge on any atom is -0.396 e. The minimum atomic E-state index is 0.292. The molecule has 1 fully saturated rings. The van der Waals surface area contributed by atoms with Gasteiger partial charge in [0.05, 0.1) is 5.69 Å². The lowest BCUT2D eigenvalue weighted by Gasteiger charge is -2.13. The molecule has 0 aliphatic carbocycles. The summed E-state index contributed by atoms with van der Waals surface area (Å²) in [7, 11) is 0. The van der Waals surface area contributed by atoms with Crippen molar-refractivity contribution >= 4 is 0 Å². The number of aliphatic hydroxyl groups is 1. The zero-order valence-electron chi connectivity index (χ0n) is 11.5. The van der Waals surface area contributed by atoms with Crippen LogP contribution in [0.3, 0.4) is 0 Å². The molecule has 1 saturated heterocycles. The van der Waals surface area contributed by atoms with Crippen LogP contribution in [0, 0.1) is 5.92 Å². The van der Waals surface area contributed by atoms with E-state index in [1.165, 1.54) is 6.42 Å². The Kier molecular flexibility index (Phi) is 4.14. The van der Waals surface area contributed by atoms with Crippen molar-refractivity contribution in [1.82, 2.24) is 10.1 Å². The quantitative estimate of drug-likeness (QED) is 0.908. The molecule has 1 aliphatic heterocycles. The van der Waals surface area contributed by atoms with Crippen molar-refractivity contribution in [2.45, 2.75) is 19.4 Å². The van der Waals surface area contributed by atoms with Crippen LogP contribution < -0.4 is 0 Å². The molecule has 2 heterocycles. The first kappa shape index (κ1) is 13.3. The minimum absolute atomic E-state index is 0.292. The molecule has 4 nitrogen and oxygen atoms in total. The second kappa shape index (κ2) is 6.20. The summed E-state index contributed by atoms with van der Waals surface area (Å²) in [5.41, 5.74) is 2.04. The Morgan fingerprint density at radius 2 is 2.15 bits per heavy atom. The third-order valence-corrected chi connectivity index (χ3v) is 3.91. The fourth-order valence-corrected chi connectivity index (χ4v) is 2.83. The van der Waals surface area contributed by atoms with Gasteiger partial charge >= 0.3 is 0 Å². The van der Waals surface area contributed by atoms with Gasteiger partial charge in [0, 0.05) is 31.3 Å². The molecule has 1 N–H and O–H groups in total. The van der Waals surface area contributed by atoms with Gasteiger partial charge in [-0.25, -0.2) is 0 Å². The number of likely N-dealkylation sites (tertiary alicyclic amines) is 1. The summed E-state index contributed by atoms with van der Waals surface area (Å²) in [4.78, 5) is 2.38. The maximum atomic E-state index is 8.99. The summed E-state index contributed by atoms with van der Waals surface area (Å²) in [5.74, 6) is 1.45.